The minimum atomic E-state index is 0.272. The van der Waals surface area contributed by atoms with Crippen LogP contribution in [0.5, 0.6) is 0 Å². The van der Waals surface area contributed by atoms with Crippen molar-refractivity contribution in [3.63, 3.8) is 0 Å². The number of anilines is 1. The Morgan fingerprint density at radius 1 is 1.08 bits per heavy atom. The first-order valence-corrected chi connectivity index (χ1v) is 8.98. The van der Waals surface area contributed by atoms with Crippen LogP contribution >= 0.6 is 0 Å². The van der Waals surface area contributed by atoms with E-state index >= 15 is 0 Å². The molecule has 5 nitrogen and oxygen atoms in total. The number of aromatic amines is 1. The Morgan fingerprint density at radius 2 is 1.92 bits per heavy atom. The molecule has 5 heteroatoms. The van der Waals surface area contributed by atoms with Gasteiger partial charge in [-0.25, -0.2) is 9.97 Å². The molecule has 0 bridgehead atoms. The average Bonchev–Trinajstić information content (AvgIpc) is 3.15. The number of rotatable bonds is 2. The molecule has 2 aromatic carbocycles. The molecule has 0 amide bonds. The third-order valence-corrected chi connectivity index (χ3v) is 5.02. The molecule has 130 valence electrons. The number of benzene rings is 2. The molecule has 1 saturated heterocycles. The maximum Gasteiger partial charge on any atom is 0.156 e. The van der Waals surface area contributed by atoms with Crippen LogP contribution in [0, 0.1) is 0 Å². The van der Waals surface area contributed by atoms with Gasteiger partial charge in [-0.05, 0) is 37.3 Å². The normalized spacial score (nSPS) is 17.9. The summed E-state index contributed by atoms with van der Waals surface area (Å²) in [5.41, 5.74) is 4.99. The Kier molecular flexibility index (Phi) is 3.60. The molecule has 3 heterocycles. The first kappa shape index (κ1) is 15.3. The number of hydrogen-bond acceptors (Lipinski definition) is 4. The van der Waals surface area contributed by atoms with E-state index in [4.69, 9.17) is 14.7 Å². The van der Waals surface area contributed by atoms with Crippen molar-refractivity contribution < 1.29 is 4.74 Å². The van der Waals surface area contributed by atoms with Gasteiger partial charge >= 0.3 is 0 Å². The number of aromatic nitrogens is 3. The third-order valence-electron chi connectivity index (χ3n) is 5.02. The van der Waals surface area contributed by atoms with Crippen molar-refractivity contribution in [1.29, 1.82) is 0 Å². The van der Waals surface area contributed by atoms with Gasteiger partial charge in [0.1, 0.15) is 5.69 Å². The fourth-order valence-corrected chi connectivity index (χ4v) is 3.63. The van der Waals surface area contributed by atoms with Gasteiger partial charge in [0, 0.05) is 29.2 Å². The zero-order chi connectivity index (χ0) is 17.5. The Bertz CT molecular complexity index is 1090. The molecule has 5 rings (SSSR count). The monoisotopic (exact) mass is 344 g/mol. The smallest absolute Gasteiger partial charge is 0.156 e. The van der Waals surface area contributed by atoms with Gasteiger partial charge < -0.3 is 14.6 Å². The van der Waals surface area contributed by atoms with Gasteiger partial charge in [0.15, 0.2) is 5.82 Å². The van der Waals surface area contributed by atoms with E-state index < -0.39 is 0 Å². The molecule has 1 aliphatic rings. The van der Waals surface area contributed by atoms with Crippen molar-refractivity contribution in [3.05, 3.63) is 54.7 Å². The number of fused-ring (bicyclic) bond motifs is 2. The molecule has 1 aliphatic heterocycles. The van der Waals surface area contributed by atoms with Crippen molar-refractivity contribution in [1.82, 2.24) is 15.0 Å². The SMILES string of the molecule is C[C@H]1COCCN1c1nc2ccccc2nc1-c1ccc2[nH]ccc2c1. The summed E-state index contributed by atoms with van der Waals surface area (Å²) >= 11 is 0. The van der Waals surface area contributed by atoms with Crippen molar-refractivity contribution >= 4 is 27.8 Å². The van der Waals surface area contributed by atoms with Gasteiger partial charge in [-0.3, -0.25) is 0 Å². The van der Waals surface area contributed by atoms with Crippen molar-refractivity contribution in [2.75, 3.05) is 24.7 Å². The maximum absolute atomic E-state index is 5.62. The van der Waals surface area contributed by atoms with Crippen LogP contribution in [0.15, 0.2) is 54.7 Å². The predicted molar refractivity (Wildman–Crippen MR) is 104 cm³/mol. The molecule has 0 spiro atoms. The van der Waals surface area contributed by atoms with Crippen LogP contribution in [0.4, 0.5) is 5.82 Å². The molecule has 1 N–H and O–H groups in total. The quantitative estimate of drug-likeness (QED) is 0.597. The lowest BCUT2D eigenvalue weighted by Gasteiger charge is -2.35. The standard InChI is InChI=1S/C21H20N4O/c1-14-13-26-11-10-25(14)21-20(23-18-4-2-3-5-19(18)24-21)16-6-7-17-15(12-16)8-9-22-17/h2-9,12,14,22H,10-11,13H2,1H3/t14-/m0/s1. The predicted octanol–water partition coefficient (Wildman–Crippen LogP) is 4.00. The molecule has 26 heavy (non-hydrogen) atoms. The maximum atomic E-state index is 5.62. The first-order valence-electron chi connectivity index (χ1n) is 8.98. The van der Waals surface area contributed by atoms with Gasteiger partial charge in [-0.2, -0.15) is 0 Å². The Morgan fingerprint density at radius 3 is 2.77 bits per heavy atom. The summed E-state index contributed by atoms with van der Waals surface area (Å²) in [5.74, 6) is 0.939. The van der Waals surface area contributed by atoms with Gasteiger partial charge in [0.25, 0.3) is 0 Å². The summed E-state index contributed by atoms with van der Waals surface area (Å²) in [5, 5.41) is 1.18. The van der Waals surface area contributed by atoms with Gasteiger partial charge in [0.2, 0.25) is 0 Å². The number of nitrogens with zero attached hydrogens (tertiary/aromatic N) is 3. The van der Waals surface area contributed by atoms with Crippen molar-refractivity contribution in [2.24, 2.45) is 0 Å². The molecular weight excluding hydrogens is 324 g/mol. The second-order valence-corrected chi connectivity index (χ2v) is 6.78. The summed E-state index contributed by atoms with van der Waals surface area (Å²) in [7, 11) is 0. The van der Waals surface area contributed by atoms with E-state index in [1.54, 1.807) is 0 Å². The van der Waals surface area contributed by atoms with Crippen molar-refractivity contribution in [3.8, 4) is 11.3 Å². The first-order chi connectivity index (χ1) is 12.8. The molecule has 0 radical (unpaired) electrons. The second kappa shape index (κ2) is 6.11. The number of para-hydroxylation sites is 2. The fourth-order valence-electron chi connectivity index (χ4n) is 3.63. The Labute approximate surface area is 151 Å². The van der Waals surface area contributed by atoms with E-state index in [1.807, 2.05) is 30.5 Å². The highest BCUT2D eigenvalue weighted by molar-refractivity contribution is 5.89. The zero-order valence-corrected chi connectivity index (χ0v) is 14.6. The topological polar surface area (TPSA) is 54.0 Å². The molecule has 0 aliphatic carbocycles. The zero-order valence-electron chi connectivity index (χ0n) is 14.6. The lowest BCUT2D eigenvalue weighted by atomic mass is 10.1. The molecule has 2 aromatic heterocycles. The lowest BCUT2D eigenvalue weighted by Crippen LogP contribution is -2.44. The third kappa shape index (κ3) is 2.52. The van der Waals surface area contributed by atoms with Crippen LogP contribution in [0.2, 0.25) is 0 Å². The van der Waals surface area contributed by atoms with Gasteiger partial charge in [-0.15, -0.1) is 0 Å². The van der Waals surface area contributed by atoms with Crippen LogP contribution < -0.4 is 4.90 Å². The molecule has 0 unspecified atom stereocenters. The minimum Gasteiger partial charge on any atom is -0.377 e. The summed E-state index contributed by atoms with van der Waals surface area (Å²) in [4.78, 5) is 15.6. The van der Waals surface area contributed by atoms with Crippen molar-refractivity contribution in [2.45, 2.75) is 13.0 Å². The molecule has 1 atom stereocenters. The largest absolute Gasteiger partial charge is 0.377 e. The average molecular weight is 344 g/mol. The lowest BCUT2D eigenvalue weighted by molar-refractivity contribution is 0.0986. The second-order valence-electron chi connectivity index (χ2n) is 6.78. The van der Waals surface area contributed by atoms with E-state index in [9.17, 15) is 0 Å². The minimum absolute atomic E-state index is 0.272. The molecule has 1 fully saturated rings. The van der Waals surface area contributed by atoms with E-state index in [0.717, 1.165) is 46.8 Å². The van der Waals surface area contributed by atoms with Crippen LogP contribution in [-0.4, -0.2) is 40.8 Å². The van der Waals surface area contributed by atoms with Crippen LogP contribution in [-0.2, 0) is 4.74 Å². The fraction of sp³-hybridized carbons (Fsp3) is 0.238. The highest BCUT2D eigenvalue weighted by Gasteiger charge is 2.24. The summed E-state index contributed by atoms with van der Waals surface area (Å²) < 4.78 is 5.62. The van der Waals surface area contributed by atoms with Crippen LogP contribution in [0.3, 0.4) is 0 Å². The summed E-state index contributed by atoms with van der Waals surface area (Å²) in [6.45, 7) is 4.43. The van der Waals surface area contributed by atoms with Crippen LogP contribution in [0.25, 0.3) is 33.2 Å². The highest BCUT2D eigenvalue weighted by Crippen LogP contribution is 2.33. The highest BCUT2D eigenvalue weighted by atomic mass is 16.5. The van der Waals surface area contributed by atoms with Gasteiger partial charge in [-0.1, -0.05) is 18.2 Å². The molecule has 0 saturated carbocycles. The van der Waals surface area contributed by atoms with E-state index in [-0.39, 0.29) is 6.04 Å². The van der Waals surface area contributed by atoms with Crippen LogP contribution in [0.1, 0.15) is 6.92 Å². The number of H-pyrrole nitrogens is 1. The summed E-state index contributed by atoms with van der Waals surface area (Å²) in [6.07, 6.45) is 1.96. The number of nitrogens with one attached hydrogen (secondary N) is 1. The van der Waals surface area contributed by atoms with E-state index in [2.05, 4.69) is 41.1 Å². The van der Waals surface area contributed by atoms with E-state index in [1.165, 1.54) is 5.39 Å². The number of ether oxygens (including phenoxy) is 1. The van der Waals surface area contributed by atoms with Gasteiger partial charge in [0.05, 0.1) is 30.3 Å². The molecular formula is C21H20N4O. The summed E-state index contributed by atoms with van der Waals surface area (Å²) in [6, 6.07) is 16.8. The number of morpholine rings is 1. The molecule has 4 aromatic rings. The Balaban J connectivity index is 1.74. The number of hydrogen-bond donors (Lipinski definition) is 1. The Hall–Kier alpha value is -2.92. The van der Waals surface area contributed by atoms with E-state index in [0.29, 0.717) is 6.61 Å².